The zero-order valence-electron chi connectivity index (χ0n) is 25.1. The van der Waals surface area contributed by atoms with E-state index >= 15 is 0 Å². The van der Waals surface area contributed by atoms with Gasteiger partial charge in [-0.3, -0.25) is 0 Å². The van der Waals surface area contributed by atoms with Crippen LogP contribution in [0.3, 0.4) is 0 Å². The molecule has 0 unspecified atom stereocenters. The molecule has 0 saturated heterocycles. The summed E-state index contributed by atoms with van der Waals surface area (Å²) in [7, 11) is -0.167. The molecule has 3 rings (SSSR count). The van der Waals surface area contributed by atoms with Crippen LogP contribution in [0.15, 0.2) is 93.5 Å². The van der Waals surface area contributed by atoms with E-state index in [2.05, 4.69) is 92.7 Å². The molecule has 2 nitrogen and oxygen atoms in total. The van der Waals surface area contributed by atoms with Crippen molar-refractivity contribution in [2.45, 2.75) is 119 Å². The van der Waals surface area contributed by atoms with Gasteiger partial charge >= 0.3 is 0 Å². The zero-order chi connectivity index (χ0) is 28.0. The van der Waals surface area contributed by atoms with E-state index in [0.717, 1.165) is 37.6 Å². The van der Waals surface area contributed by atoms with Gasteiger partial charge in [0.25, 0.3) is 0 Å². The third-order valence-electron chi connectivity index (χ3n) is 6.63. The summed E-state index contributed by atoms with van der Waals surface area (Å²) in [6.07, 6.45) is 15.4. The lowest BCUT2D eigenvalue weighted by Gasteiger charge is -2.11. The highest BCUT2D eigenvalue weighted by molar-refractivity contribution is 7.97. The fourth-order valence-corrected chi connectivity index (χ4v) is 6.52. The normalized spacial score (nSPS) is 10.7. The van der Waals surface area contributed by atoms with E-state index < -0.39 is 0 Å². The van der Waals surface area contributed by atoms with Crippen molar-refractivity contribution in [2.24, 2.45) is 0 Å². The first kappa shape index (κ1) is 32.8. The average molecular weight is 550 g/mol. The van der Waals surface area contributed by atoms with Crippen LogP contribution in [-0.4, -0.2) is 13.2 Å². The minimum atomic E-state index is -0.167. The van der Waals surface area contributed by atoms with Crippen molar-refractivity contribution >= 4 is 10.9 Å². The SMILES string of the molecule is CC.CCCCCCCCOc1ccc([S+](c2ccccc2)c2ccc(OCCCCCCCC)cc2)cc1. The highest BCUT2D eigenvalue weighted by Crippen LogP contribution is 2.33. The molecule has 0 aliphatic carbocycles. The molecule has 0 aliphatic rings. The van der Waals surface area contributed by atoms with Gasteiger partial charge in [-0.25, -0.2) is 0 Å². The van der Waals surface area contributed by atoms with Gasteiger partial charge in [0.2, 0.25) is 0 Å². The first-order chi connectivity index (χ1) is 19.3. The number of benzene rings is 3. The predicted molar refractivity (Wildman–Crippen MR) is 171 cm³/mol. The first-order valence-corrected chi connectivity index (χ1v) is 16.8. The van der Waals surface area contributed by atoms with Crippen LogP contribution in [0, 0.1) is 0 Å². The summed E-state index contributed by atoms with van der Waals surface area (Å²) in [5.41, 5.74) is 0. The van der Waals surface area contributed by atoms with Gasteiger partial charge < -0.3 is 9.47 Å². The summed E-state index contributed by atoms with van der Waals surface area (Å²) in [4.78, 5) is 3.93. The average Bonchev–Trinajstić information content (AvgIpc) is 2.99. The van der Waals surface area contributed by atoms with E-state index in [1.165, 1.54) is 78.9 Å². The maximum absolute atomic E-state index is 6.03. The predicted octanol–water partition coefficient (Wildman–Crippen LogP) is 11.3. The van der Waals surface area contributed by atoms with Gasteiger partial charge in [-0.2, -0.15) is 0 Å². The first-order valence-electron chi connectivity index (χ1n) is 15.6. The van der Waals surface area contributed by atoms with Crippen LogP contribution in [0.25, 0.3) is 0 Å². The molecule has 39 heavy (non-hydrogen) atoms. The Hall–Kier alpha value is -2.39. The Morgan fingerprint density at radius 3 is 1.21 bits per heavy atom. The van der Waals surface area contributed by atoms with Gasteiger partial charge in [0.15, 0.2) is 14.7 Å². The van der Waals surface area contributed by atoms with Gasteiger partial charge in [0.1, 0.15) is 11.5 Å². The molecule has 0 saturated carbocycles. The maximum Gasteiger partial charge on any atom is 0.166 e. The second-order valence-corrected chi connectivity index (χ2v) is 11.8. The molecule has 0 N–H and O–H groups in total. The summed E-state index contributed by atoms with van der Waals surface area (Å²) >= 11 is 0. The maximum atomic E-state index is 6.03. The van der Waals surface area contributed by atoms with Gasteiger partial charge in [0, 0.05) is 0 Å². The Kier molecular flexibility index (Phi) is 18.0. The summed E-state index contributed by atoms with van der Waals surface area (Å²) in [5, 5.41) is 0. The van der Waals surface area contributed by atoms with Gasteiger partial charge in [0.05, 0.1) is 24.1 Å². The van der Waals surface area contributed by atoms with Gasteiger partial charge in [-0.05, 0) is 73.5 Å². The molecule has 3 heteroatoms. The highest BCUT2D eigenvalue weighted by atomic mass is 32.2. The van der Waals surface area contributed by atoms with Crippen molar-refractivity contribution in [3.8, 4) is 11.5 Å². The minimum Gasteiger partial charge on any atom is -0.494 e. The van der Waals surface area contributed by atoms with E-state index in [0.29, 0.717) is 0 Å². The topological polar surface area (TPSA) is 18.5 Å². The van der Waals surface area contributed by atoms with Crippen molar-refractivity contribution < 1.29 is 9.47 Å². The van der Waals surface area contributed by atoms with Crippen LogP contribution >= 0.6 is 0 Å². The molecule has 0 atom stereocenters. The lowest BCUT2D eigenvalue weighted by molar-refractivity contribution is 0.304. The van der Waals surface area contributed by atoms with E-state index in [9.17, 15) is 0 Å². The Morgan fingerprint density at radius 2 is 0.795 bits per heavy atom. The Labute approximate surface area is 242 Å². The number of ether oxygens (including phenoxy) is 2. The molecular weight excluding hydrogens is 496 g/mol. The molecule has 0 spiro atoms. The van der Waals surface area contributed by atoms with Crippen molar-refractivity contribution in [3.63, 3.8) is 0 Å². The second-order valence-electron chi connectivity index (χ2n) is 9.79. The monoisotopic (exact) mass is 549 g/mol. The van der Waals surface area contributed by atoms with E-state index in [-0.39, 0.29) is 10.9 Å². The molecule has 0 radical (unpaired) electrons. The van der Waals surface area contributed by atoms with E-state index in [4.69, 9.17) is 9.47 Å². The lowest BCUT2D eigenvalue weighted by Crippen LogP contribution is -2.05. The summed E-state index contributed by atoms with van der Waals surface area (Å²) in [5.74, 6) is 1.93. The summed E-state index contributed by atoms with van der Waals surface area (Å²) < 4.78 is 12.1. The van der Waals surface area contributed by atoms with Crippen LogP contribution < -0.4 is 9.47 Å². The molecule has 0 fully saturated rings. The smallest absolute Gasteiger partial charge is 0.166 e. The molecule has 0 aliphatic heterocycles. The third-order valence-corrected chi connectivity index (χ3v) is 8.86. The fourth-order valence-electron chi connectivity index (χ4n) is 4.45. The third kappa shape index (κ3) is 13.0. The van der Waals surface area contributed by atoms with Crippen LogP contribution in [-0.2, 0) is 10.9 Å². The number of hydrogen-bond donors (Lipinski definition) is 0. The number of unbranched alkanes of at least 4 members (excludes halogenated alkanes) is 10. The molecule has 0 bridgehead atoms. The Morgan fingerprint density at radius 1 is 0.436 bits per heavy atom. The lowest BCUT2D eigenvalue weighted by atomic mass is 10.1. The Balaban J connectivity index is 0.00000260. The molecule has 0 heterocycles. The molecule has 0 amide bonds. The van der Waals surface area contributed by atoms with Gasteiger partial charge in [-0.15, -0.1) is 0 Å². The summed E-state index contributed by atoms with van der Waals surface area (Å²) in [6.45, 7) is 10.1. The van der Waals surface area contributed by atoms with Crippen molar-refractivity contribution in [1.82, 2.24) is 0 Å². The molecule has 214 valence electrons. The van der Waals surface area contributed by atoms with Crippen molar-refractivity contribution in [3.05, 3.63) is 78.9 Å². The van der Waals surface area contributed by atoms with Crippen LogP contribution in [0.1, 0.15) is 105 Å². The van der Waals surface area contributed by atoms with Crippen molar-refractivity contribution in [2.75, 3.05) is 13.2 Å². The molecule has 0 aromatic heterocycles. The van der Waals surface area contributed by atoms with Crippen LogP contribution in [0.5, 0.6) is 11.5 Å². The Bertz CT molecular complexity index is 892. The number of hydrogen-bond acceptors (Lipinski definition) is 2. The fraction of sp³-hybridized carbons (Fsp3) is 0.500. The van der Waals surface area contributed by atoms with E-state index in [1.807, 2.05) is 13.8 Å². The largest absolute Gasteiger partial charge is 0.494 e. The highest BCUT2D eigenvalue weighted by Gasteiger charge is 2.28. The van der Waals surface area contributed by atoms with Crippen molar-refractivity contribution in [1.29, 1.82) is 0 Å². The minimum absolute atomic E-state index is 0.167. The van der Waals surface area contributed by atoms with Crippen LogP contribution in [0.4, 0.5) is 0 Å². The summed E-state index contributed by atoms with van der Waals surface area (Å²) in [6, 6.07) is 28.3. The molecule has 3 aromatic carbocycles. The van der Waals surface area contributed by atoms with Crippen LogP contribution in [0.2, 0.25) is 0 Å². The standard InChI is InChI=1S/C34H47O2S.C2H6/c1-3-5-7-9-11-16-28-35-30-20-24-33(25-21-30)37(32-18-14-13-15-19-32)34-26-22-31(23-27-34)36-29-17-12-10-8-6-4-2;1-2/h13-15,18-27H,3-12,16-17,28-29H2,1-2H3;1-2H3/q+1;. The second kappa shape index (κ2) is 21.4. The zero-order valence-corrected chi connectivity index (χ0v) is 25.9. The van der Waals surface area contributed by atoms with Gasteiger partial charge in [-0.1, -0.05) is 110 Å². The molecule has 3 aromatic rings. The number of rotatable bonds is 19. The molecular formula is C36H53O2S+. The quantitative estimate of drug-likeness (QED) is 0.109. The van der Waals surface area contributed by atoms with E-state index in [1.54, 1.807) is 0 Å².